The maximum Gasteiger partial charge on any atom is 0.573 e. The SMILES string of the molecule is COc1cc2c(cc1OC)C(=O)C(CC1(F)CCN(Cc3ccc(OC(F)(F)F)cc3)CC1)C2. The van der Waals surface area contributed by atoms with Gasteiger partial charge in [-0.3, -0.25) is 9.69 Å². The van der Waals surface area contributed by atoms with Crippen LogP contribution in [0, 0.1) is 5.92 Å². The number of ketones is 1. The summed E-state index contributed by atoms with van der Waals surface area (Å²) in [6.07, 6.45) is -3.47. The number of piperidine rings is 1. The zero-order chi connectivity index (χ0) is 24.5. The Labute approximate surface area is 195 Å². The predicted molar refractivity (Wildman–Crippen MR) is 117 cm³/mol. The number of hydrogen-bond donors (Lipinski definition) is 0. The highest BCUT2D eigenvalue weighted by Crippen LogP contribution is 2.42. The third-order valence-corrected chi connectivity index (χ3v) is 6.64. The Morgan fingerprint density at radius 3 is 2.24 bits per heavy atom. The number of Topliss-reactive ketones (excluding diaryl/α,β-unsaturated/α-hetero) is 1. The Kier molecular flexibility index (Phi) is 6.75. The number of ether oxygens (including phenoxy) is 3. The number of nitrogens with zero attached hydrogens (tertiary/aromatic N) is 1. The molecule has 2 aromatic rings. The van der Waals surface area contributed by atoms with Crippen LogP contribution in [0.5, 0.6) is 17.2 Å². The number of fused-ring (bicyclic) bond motifs is 1. The molecule has 0 radical (unpaired) electrons. The van der Waals surface area contributed by atoms with Crippen LogP contribution < -0.4 is 14.2 Å². The van der Waals surface area contributed by atoms with Crippen molar-refractivity contribution in [3.05, 3.63) is 53.1 Å². The Bertz CT molecular complexity index is 1030. The van der Waals surface area contributed by atoms with Crippen LogP contribution in [0.2, 0.25) is 0 Å². The second kappa shape index (κ2) is 9.44. The van der Waals surface area contributed by atoms with Gasteiger partial charge in [-0.1, -0.05) is 12.1 Å². The van der Waals surface area contributed by atoms with Gasteiger partial charge in [-0.05, 0) is 61.1 Å². The summed E-state index contributed by atoms with van der Waals surface area (Å²) < 4.78 is 67.1. The Balaban J connectivity index is 1.32. The fraction of sp³-hybridized carbons (Fsp3) is 0.480. The molecule has 0 saturated carbocycles. The molecule has 0 amide bonds. The van der Waals surface area contributed by atoms with E-state index in [-0.39, 0.29) is 18.0 Å². The van der Waals surface area contributed by atoms with Gasteiger partial charge in [0.15, 0.2) is 17.3 Å². The molecule has 1 aliphatic carbocycles. The van der Waals surface area contributed by atoms with E-state index in [0.29, 0.717) is 56.0 Å². The van der Waals surface area contributed by atoms with Crippen molar-refractivity contribution < 1.29 is 36.6 Å². The maximum atomic E-state index is 15.7. The van der Waals surface area contributed by atoms with E-state index in [0.717, 1.165) is 11.1 Å². The normalized spacial score (nSPS) is 20.2. The van der Waals surface area contributed by atoms with E-state index in [9.17, 15) is 18.0 Å². The Morgan fingerprint density at radius 1 is 1.03 bits per heavy atom. The lowest BCUT2D eigenvalue weighted by Gasteiger charge is -2.37. The van der Waals surface area contributed by atoms with Crippen molar-refractivity contribution in [1.29, 1.82) is 0 Å². The van der Waals surface area contributed by atoms with Gasteiger partial charge in [-0.25, -0.2) is 4.39 Å². The summed E-state index contributed by atoms with van der Waals surface area (Å²) in [5.41, 5.74) is 0.815. The van der Waals surface area contributed by atoms with Crippen molar-refractivity contribution in [3.8, 4) is 17.2 Å². The summed E-state index contributed by atoms with van der Waals surface area (Å²) in [4.78, 5) is 15.0. The summed E-state index contributed by atoms with van der Waals surface area (Å²) in [5, 5.41) is 0. The Morgan fingerprint density at radius 2 is 1.65 bits per heavy atom. The molecule has 0 spiro atoms. The molecule has 0 aromatic heterocycles. The minimum Gasteiger partial charge on any atom is -0.493 e. The standard InChI is InChI=1S/C25H27F4NO4/c1-32-21-12-17-11-18(23(31)20(17)13-22(21)33-2)14-24(26)7-9-30(10-8-24)15-16-3-5-19(6-4-16)34-25(27,28)29/h3-6,12-13,18H,7-11,14-15H2,1-2H3. The van der Waals surface area contributed by atoms with Crippen molar-refractivity contribution in [1.82, 2.24) is 4.90 Å². The number of carbonyl (C=O) groups is 1. The molecule has 1 saturated heterocycles. The number of hydrogen-bond acceptors (Lipinski definition) is 5. The highest BCUT2D eigenvalue weighted by atomic mass is 19.4. The van der Waals surface area contributed by atoms with Crippen LogP contribution >= 0.6 is 0 Å². The van der Waals surface area contributed by atoms with E-state index in [2.05, 4.69) is 9.64 Å². The molecule has 1 heterocycles. The van der Waals surface area contributed by atoms with Crippen molar-refractivity contribution in [2.75, 3.05) is 27.3 Å². The lowest BCUT2D eigenvalue weighted by atomic mass is 9.82. The molecular weight excluding hydrogens is 454 g/mol. The third kappa shape index (κ3) is 5.46. The van der Waals surface area contributed by atoms with Crippen LogP contribution in [0.1, 0.15) is 40.7 Å². The molecular formula is C25H27F4NO4. The van der Waals surface area contributed by atoms with Crippen LogP contribution in [-0.4, -0.2) is 50.0 Å². The molecule has 0 N–H and O–H groups in total. The van der Waals surface area contributed by atoms with E-state index in [1.54, 1.807) is 24.3 Å². The van der Waals surface area contributed by atoms with E-state index >= 15 is 4.39 Å². The van der Waals surface area contributed by atoms with Gasteiger partial charge in [-0.2, -0.15) is 0 Å². The predicted octanol–water partition coefficient (Wildman–Crippen LogP) is 5.35. The molecule has 5 nitrogen and oxygen atoms in total. The van der Waals surface area contributed by atoms with Gasteiger partial charge in [0.1, 0.15) is 11.4 Å². The molecule has 1 unspecified atom stereocenters. The van der Waals surface area contributed by atoms with Gasteiger partial charge in [0.2, 0.25) is 0 Å². The number of methoxy groups -OCH3 is 2. The van der Waals surface area contributed by atoms with Gasteiger partial charge >= 0.3 is 6.36 Å². The topological polar surface area (TPSA) is 48.0 Å². The first-order chi connectivity index (χ1) is 16.1. The quantitative estimate of drug-likeness (QED) is 0.499. The average molecular weight is 481 g/mol. The number of likely N-dealkylation sites (tertiary alicyclic amines) is 1. The Hall–Kier alpha value is -2.81. The van der Waals surface area contributed by atoms with E-state index < -0.39 is 17.9 Å². The van der Waals surface area contributed by atoms with Crippen LogP contribution in [0.3, 0.4) is 0 Å². The molecule has 34 heavy (non-hydrogen) atoms. The third-order valence-electron chi connectivity index (χ3n) is 6.64. The molecule has 1 fully saturated rings. The van der Waals surface area contributed by atoms with Gasteiger partial charge in [0.25, 0.3) is 0 Å². The van der Waals surface area contributed by atoms with Gasteiger partial charge in [0.05, 0.1) is 14.2 Å². The molecule has 1 atom stereocenters. The minimum atomic E-state index is -4.72. The van der Waals surface area contributed by atoms with Crippen LogP contribution in [0.15, 0.2) is 36.4 Å². The second-order valence-electron chi connectivity index (χ2n) is 8.95. The first kappa shape index (κ1) is 24.3. The number of benzene rings is 2. The zero-order valence-electron chi connectivity index (χ0n) is 19.1. The molecule has 0 bridgehead atoms. The van der Waals surface area contributed by atoms with E-state index in [1.165, 1.54) is 26.4 Å². The summed E-state index contributed by atoms with van der Waals surface area (Å²) in [7, 11) is 3.05. The summed E-state index contributed by atoms with van der Waals surface area (Å²) in [6, 6.07) is 9.18. The molecule has 4 rings (SSSR count). The van der Waals surface area contributed by atoms with Crippen LogP contribution in [0.25, 0.3) is 0 Å². The highest BCUT2D eigenvalue weighted by Gasteiger charge is 2.42. The largest absolute Gasteiger partial charge is 0.573 e. The maximum absolute atomic E-state index is 15.7. The van der Waals surface area contributed by atoms with E-state index in [1.807, 2.05) is 0 Å². The number of alkyl halides is 4. The first-order valence-electron chi connectivity index (χ1n) is 11.1. The lowest BCUT2D eigenvalue weighted by molar-refractivity contribution is -0.274. The first-order valence-corrected chi connectivity index (χ1v) is 11.1. The molecule has 9 heteroatoms. The summed E-state index contributed by atoms with van der Waals surface area (Å²) in [5.74, 6) is 0.295. The number of halogens is 4. The highest BCUT2D eigenvalue weighted by molar-refractivity contribution is 6.03. The minimum absolute atomic E-state index is 0.0587. The fourth-order valence-electron chi connectivity index (χ4n) is 4.87. The monoisotopic (exact) mass is 481 g/mol. The van der Waals surface area contributed by atoms with Crippen molar-refractivity contribution in [2.45, 2.75) is 44.3 Å². The van der Waals surface area contributed by atoms with Gasteiger partial charge in [0, 0.05) is 31.1 Å². The van der Waals surface area contributed by atoms with E-state index in [4.69, 9.17) is 9.47 Å². The molecule has 2 aromatic carbocycles. The number of carbonyl (C=O) groups excluding carboxylic acids is 1. The van der Waals surface area contributed by atoms with Gasteiger partial charge in [-0.15, -0.1) is 13.2 Å². The molecule has 184 valence electrons. The second-order valence-corrected chi connectivity index (χ2v) is 8.95. The van der Waals surface area contributed by atoms with Gasteiger partial charge < -0.3 is 14.2 Å². The average Bonchev–Trinajstić information content (AvgIpc) is 3.08. The summed E-state index contributed by atoms with van der Waals surface area (Å²) in [6.45, 7) is 1.52. The van der Waals surface area contributed by atoms with Crippen molar-refractivity contribution in [3.63, 3.8) is 0 Å². The fourth-order valence-corrected chi connectivity index (χ4v) is 4.87. The molecule has 1 aliphatic heterocycles. The smallest absolute Gasteiger partial charge is 0.493 e. The van der Waals surface area contributed by atoms with Crippen LogP contribution in [0.4, 0.5) is 17.6 Å². The van der Waals surface area contributed by atoms with Crippen LogP contribution in [-0.2, 0) is 13.0 Å². The summed E-state index contributed by atoms with van der Waals surface area (Å²) >= 11 is 0. The lowest BCUT2D eigenvalue weighted by Crippen LogP contribution is -2.42. The van der Waals surface area contributed by atoms with Crippen molar-refractivity contribution in [2.24, 2.45) is 5.92 Å². The zero-order valence-corrected chi connectivity index (χ0v) is 19.1. The number of rotatable bonds is 7. The molecule has 2 aliphatic rings. The van der Waals surface area contributed by atoms with Crippen molar-refractivity contribution >= 4 is 5.78 Å².